The quantitative estimate of drug-likeness (QED) is 0.517. The van der Waals surface area contributed by atoms with Crippen LogP contribution in [0.2, 0.25) is 0 Å². The first-order valence-electron chi connectivity index (χ1n) is 3.99. The number of ether oxygens (including phenoxy) is 1. The minimum absolute atomic E-state index is 0.0844. The Hall–Kier alpha value is -1.65. The van der Waals surface area contributed by atoms with Gasteiger partial charge in [0.05, 0.1) is 18.1 Å². The van der Waals surface area contributed by atoms with Crippen LogP contribution in [0.4, 0.5) is 0 Å². The summed E-state index contributed by atoms with van der Waals surface area (Å²) >= 11 is 0. The average molecular weight is 180 g/mol. The zero-order chi connectivity index (χ0) is 9.68. The number of amidine groups is 1. The fraction of sp³-hybridized carbons (Fsp3) is 0.375. The molecule has 0 aliphatic carbocycles. The Bertz CT molecular complexity index is 300. The highest BCUT2D eigenvalue weighted by molar-refractivity contribution is 5.78. The Morgan fingerprint density at radius 2 is 2.38 bits per heavy atom. The summed E-state index contributed by atoms with van der Waals surface area (Å²) < 4.78 is 5.17. The highest BCUT2D eigenvalue weighted by Crippen LogP contribution is 2.06. The topological polar surface area (TPSA) is 84.9 Å². The lowest BCUT2D eigenvalue weighted by Gasteiger charge is -2.02. The highest BCUT2D eigenvalue weighted by atomic mass is 16.5. The molecule has 0 aromatic carbocycles. The fourth-order valence-electron chi connectivity index (χ4n) is 0.896. The van der Waals surface area contributed by atoms with E-state index < -0.39 is 0 Å². The minimum Gasteiger partial charge on any atom is -0.478 e. The molecule has 0 saturated carbocycles. The molecule has 1 aromatic heterocycles. The molecule has 0 spiro atoms. The molecule has 0 saturated heterocycles. The molecular formula is C8H12N4O. The van der Waals surface area contributed by atoms with Crippen LogP contribution < -0.4 is 10.5 Å². The predicted octanol–water partition coefficient (Wildman–Crippen LogP) is 0.354. The first kappa shape index (κ1) is 9.44. The van der Waals surface area contributed by atoms with Crippen LogP contribution in [-0.4, -0.2) is 22.4 Å². The first-order valence-corrected chi connectivity index (χ1v) is 3.99. The van der Waals surface area contributed by atoms with Crippen molar-refractivity contribution in [1.29, 1.82) is 5.41 Å². The van der Waals surface area contributed by atoms with E-state index in [-0.39, 0.29) is 5.84 Å². The van der Waals surface area contributed by atoms with Crippen molar-refractivity contribution < 1.29 is 4.74 Å². The van der Waals surface area contributed by atoms with Crippen molar-refractivity contribution in [1.82, 2.24) is 9.97 Å². The van der Waals surface area contributed by atoms with Gasteiger partial charge in [-0.05, 0) is 6.92 Å². The second-order valence-corrected chi connectivity index (χ2v) is 2.48. The van der Waals surface area contributed by atoms with Gasteiger partial charge in [0.2, 0.25) is 5.88 Å². The second-order valence-electron chi connectivity index (χ2n) is 2.48. The van der Waals surface area contributed by atoms with Crippen molar-refractivity contribution in [3.63, 3.8) is 0 Å². The molecule has 0 aliphatic rings. The van der Waals surface area contributed by atoms with Crippen LogP contribution in [0.25, 0.3) is 0 Å². The third-order valence-electron chi connectivity index (χ3n) is 1.36. The van der Waals surface area contributed by atoms with Crippen LogP contribution in [0.1, 0.15) is 12.6 Å². The Morgan fingerprint density at radius 3 is 3.00 bits per heavy atom. The molecule has 0 unspecified atom stereocenters. The summed E-state index contributed by atoms with van der Waals surface area (Å²) in [5.41, 5.74) is 5.93. The molecular weight excluding hydrogens is 168 g/mol. The Kier molecular flexibility index (Phi) is 3.19. The van der Waals surface area contributed by atoms with Crippen LogP contribution in [0.3, 0.4) is 0 Å². The Morgan fingerprint density at radius 1 is 1.62 bits per heavy atom. The van der Waals surface area contributed by atoms with Crippen LogP contribution in [0, 0.1) is 5.41 Å². The average Bonchev–Trinajstić information content (AvgIpc) is 2.04. The maximum Gasteiger partial charge on any atom is 0.216 e. The predicted molar refractivity (Wildman–Crippen MR) is 48.8 cm³/mol. The van der Waals surface area contributed by atoms with Crippen LogP contribution in [0.15, 0.2) is 12.4 Å². The lowest BCUT2D eigenvalue weighted by molar-refractivity contribution is 0.325. The van der Waals surface area contributed by atoms with E-state index in [1.807, 2.05) is 6.92 Å². The van der Waals surface area contributed by atoms with Crippen molar-refractivity contribution in [2.24, 2.45) is 5.73 Å². The molecule has 0 amide bonds. The molecule has 3 N–H and O–H groups in total. The fourth-order valence-corrected chi connectivity index (χ4v) is 0.896. The maximum atomic E-state index is 7.08. The molecule has 5 nitrogen and oxygen atoms in total. The summed E-state index contributed by atoms with van der Waals surface area (Å²) in [6, 6.07) is 1.69. The van der Waals surface area contributed by atoms with Crippen LogP contribution in [0.5, 0.6) is 5.88 Å². The second kappa shape index (κ2) is 4.39. The summed E-state index contributed by atoms with van der Waals surface area (Å²) in [5, 5.41) is 7.08. The monoisotopic (exact) mass is 180 g/mol. The number of hydrogen-bond donors (Lipinski definition) is 2. The van der Waals surface area contributed by atoms with Gasteiger partial charge in [-0.15, -0.1) is 0 Å². The van der Waals surface area contributed by atoms with E-state index in [1.54, 1.807) is 6.07 Å². The molecule has 0 aliphatic heterocycles. The van der Waals surface area contributed by atoms with Crippen molar-refractivity contribution in [2.45, 2.75) is 13.3 Å². The van der Waals surface area contributed by atoms with Crippen LogP contribution >= 0.6 is 0 Å². The van der Waals surface area contributed by atoms with Gasteiger partial charge >= 0.3 is 0 Å². The van der Waals surface area contributed by atoms with E-state index in [1.165, 1.54) is 6.33 Å². The number of nitrogens with one attached hydrogen (secondary N) is 1. The van der Waals surface area contributed by atoms with Gasteiger partial charge in [-0.2, -0.15) is 0 Å². The van der Waals surface area contributed by atoms with Crippen molar-refractivity contribution in [3.8, 4) is 5.88 Å². The van der Waals surface area contributed by atoms with E-state index in [4.69, 9.17) is 15.9 Å². The number of nitrogens with two attached hydrogens (primary N) is 1. The molecule has 1 aromatic rings. The molecule has 0 atom stereocenters. The van der Waals surface area contributed by atoms with Gasteiger partial charge in [-0.3, -0.25) is 5.41 Å². The number of rotatable bonds is 4. The molecule has 0 bridgehead atoms. The van der Waals surface area contributed by atoms with Gasteiger partial charge in [0.1, 0.15) is 6.33 Å². The first-order chi connectivity index (χ1) is 6.22. The standard InChI is InChI=1S/C8H12N4O/c1-2-13-8-4-6(3-7(9)10)11-5-12-8/h4-5H,2-3H2,1H3,(H3,9,10). The summed E-state index contributed by atoms with van der Waals surface area (Å²) in [6.45, 7) is 2.45. The van der Waals surface area contributed by atoms with E-state index in [0.29, 0.717) is 24.6 Å². The summed E-state index contributed by atoms with van der Waals surface area (Å²) in [4.78, 5) is 7.84. The third-order valence-corrected chi connectivity index (χ3v) is 1.36. The number of aromatic nitrogens is 2. The zero-order valence-electron chi connectivity index (χ0n) is 7.45. The molecule has 1 heterocycles. The minimum atomic E-state index is 0.0844. The smallest absolute Gasteiger partial charge is 0.216 e. The number of nitrogens with zero attached hydrogens (tertiary/aromatic N) is 2. The molecule has 1 rings (SSSR count). The lowest BCUT2D eigenvalue weighted by atomic mass is 10.3. The number of hydrogen-bond acceptors (Lipinski definition) is 4. The largest absolute Gasteiger partial charge is 0.478 e. The lowest BCUT2D eigenvalue weighted by Crippen LogP contribution is -2.13. The van der Waals surface area contributed by atoms with Crippen molar-refractivity contribution in [2.75, 3.05) is 6.61 Å². The van der Waals surface area contributed by atoms with Crippen molar-refractivity contribution >= 4 is 5.84 Å². The van der Waals surface area contributed by atoms with E-state index in [2.05, 4.69) is 9.97 Å². The van der Waals surface area contributed by atoms with Gasteiger partial charge in [-0.25, -0.2) is 9.97 Å². The van der Waals surface area contributed by atoms with Gasteiger partial charge in [0, 0.05) is 12.5 Å². The molecule has 0 fully saturated rings. The summed E-state index contributed by atoms with van der Waals surface area (Å²) in [7, 11) is 0. The van der Waals surface area contributed by atoms with E-state index in [0.717, 1.165) is 0 Å². The zero-order valence-corrected chi connectivity index (χ0v) is 7.45. The van der Waals surface area contributed by atoms with Crippen LogP contribution in [-0.2, 0) is 6.42 Å². The summed E-state index contributed by atoms with van der Waals surface area (Å²) in [5.74, 6) is 0.606. The van der Waals surface area contributed by atoms with Crippen molar-refractivity contribution in [3.05, 3.63) is 18.1 Å². The van der Waals surface area contributed by atoms with Gasteiger partial charge in [0.25, 0.3) is 0 Å². The molecule has 13 heavy (non-hydrogen) atoms. The molecule has 70 valence electrons. The van der Waals surface area contributed by atoms with E-state index >= 15 is 0 Å². The third kappa shape index (κ3) is 3.06. The molecule has 0 radical (unpaired) electrons. The summed E-state index contributed by atoms with van der Waals surface area (Å²) in [6.07, 6.45) is 1.74. The van der Waals surface area contributed by atoms with Gasteiger partial charge in [-0.1, -0.05) is 0 Å². The maximum absolute atomic E-state index is 7.08. The normalized spacial score (nSPS) is 9.62. The SMILES string of the molecule is CCOc1cc(CC(=N)N)ncn1. The van der Waals surface area contributed by atoms with Gasteiger partial charge < -0.3 is 10.5 Å². The molecule has 5 heteroatoms. The van der Waals surface area contributed by atoms with Gasteiger partial charge in [0.15, 0.2) is 0 Å². The Balaban J connectivity index is 2.73. The Labute approximate surface area is 76.5 Å². The highest BCUT2D eigenvalue weighted by Gasteiger charge is 2.00. The van der Waals surface area contributed by atoms with E-state index in [9.17, 15) is 0 Å².